The van der Waals surface area contributed by atoms with Gasteiger partial charge in [0.1, 0.15) is 0 Å². The van der Waals surface area contributed by atoms with Crippen LogP contribution in [0.5, 0.6) is 0 Å². The first kappa shape index (κ1) is 25.8. The third kappa shape index (κ3) is 5.69. The van der Waals surface area contributed by atoms with Gasteiger partial charge in [0, 0.05) is 31.7 Å². The Morgan fingerprint density at radius 1 is 0.865 bits per heavy atom. The molecule has 1 saturated heterocycles. The predicted molar refractivity (Wildman–Crippen MR) is 135 cm³/mol. The number of amides is 2. The highest BCUT2D eigenvalue weighted by molar-refractivity contribution is 5.94. The Labute approximate surface area is 216 Å². The van der Waals surface area contributed by atoms with Crippen molar-refractivity contribution in [3.05, 3.63) is 70.8 Å². The smallest absolute Gasteiger partial charge is 0.348 e. The molecule has 2 aromatic rings. The van der Waals surface area contributed by atoms with E-state index in [4.69, 9.17) is 0 Å². The summed E-state index contributed by atoms with van der Waals surface area (Å²) >= 11 is 0. The van der Waals surface area contributed by atoms with Crippen LogP contribution in [0.3, 0.4) is 0 Å². The van der Waals surface area contributed by atoms with Crippen molar-refractivity contribution in [1.29, 1.82) is 0 Å². The number of alkyl halides is 3. The zero-order valence-corrected chi connectivity index (χ0v) is 21.0. The highest BCUT2D eigenvalue weighted by Crippen LogP contribution is 2.34. The van der Waals surface area contributed by atoms with Crippen molar-refractivity contribution in [2.24, 2.45) is 5.92 Å². The largest absolute Gasteiger partial charge is 0.416 e. The van der Waals surface area contributed by atoms with Crippen LogP contribution in [0.15, 0.2) is 48.5 Å². The molecule has 0 radical (unpaired) electrons. The molecule has 198 valence electrons. The van der Waals surface area contributed by atoms with Gasteiger partial charge in [-0.25, -0.2) is 0 Å². The average Bonchev–Trinajstić information content (AvgIpc) is 3.43. The Kier molecular flexibility index (Phi) is 7.56. The number of halogens is 3. The van der Waals surface area contributed by atoms with Crippen LogP contribution < -0.4 is 5.32 Å². The van der Waals surface area contributed by atoms with Crippen LogP contribution in [0, 0.1) is 5.92 Å². The van der Waals surface area contributed by atoms with Gasteiger partial charge in [-0.05, 0) is 73.4 Å². The first-order chi connectivity index (χ1) is 17.8. The summed E-state index contributed by atoms with van der Waals surface area (Å²) < 4.78 is 38.6. The van der Waals surface area contributed by atoms with E-state index in [0.29, 0.717) is 32.1 Å². The minimum Gasteiger partial charge on any atom is -0.348 e. The lowest BCUT2D eigenvalue weighted by molar-refractivity contribution is -0.137. The van der Waals surface area contributed by atoms with Gasteiger partial charge in [0.2, 0.25) is 5.91 Å². The number of fused-ring (bicyclic) bond motifs is 1. The molecule has 37 heavy (non-hydrogen) atoms. The van der Waals surface area contributed by atoms with Crippen molar-refractivity contribution in [1.82, 2.24) is 15.1 Å². The lowest BCUT2D eigenvalue weighted by atomic mass is 9.87. The van der Waals surface area contributed by atoms with Crippen LogP contribution in [0.2, 0.25) is 0 Å². The summed E-state index contributed by atoms with van der Waals surface area (Å²) in [6, 6.07) is 12.6. The van der Waals surface area contributed by atoms with Gasteiger partial charge >= 0.3 is 6.18 Å². The van der Waals surface area contributed by atoms with Crippen LogP contribution in [-0.2, 0) is 17.4 Å². The Morgan fingerprint density at radius 3 is 2.22 bits per heavy atom. The van der Waals surface area contributed by atoms with E-state index in [1.807, 2.05) is 6.07 Å². The normalized spacial score (nSPS) is 21.9. The fourth-order valence-corrected chi connectivity index (χ4v) is 6.30. The molecule has 2 aromatic carbocycles. The van der Waals surface area contributed by atoms with Gasteiger partial charge in [0.15, 0.2) is 0 Å². The molecule has 8 heteroatoms. The second-order valence-corrected chi connectivity index (χ2v) is 10.5. The van der Waals surface area contributed by atoms with Crippen molar-refractivity contribution in [2.75, 3.05) is 26.2 Å². The molecular formula is C29H34F3N3O2. The molecule has 2 fully saturated rings. The minimum absolute atomic E-state index is 0.0314. The molecule has 1 aliphatic heterocycles. The van der Waals surface area contributed by atoms with Gasteiger partial charge in [-0.15, -0.1) is 0 Å². The average molecular weight is 514 g/mol. The van der Waals surface area contributed by atoms with E-state index >= 15 is 0 Å². The van der Waals surface area contributed by atoms with Crippen LogP contribution in [-0.4, -0.2) is 53.8 Å². The first-order valence-electron chi connectivity index (χ1n) is 13.4. The van der Waals surface area contributed by atoms with E-state index < -0.39 is 11.7 Å². The van der Waals surface area contributed by atoms with Gasteiger partial charge in [0.05, 0.1) is 17.6 Å². The predicted octanol–water partition coefficient (Wildman–Crippen LogP) is 5.22. The summed E-state index contributed by atoms with van der Waals surface area (Å²) in [6.45, 7) is 2.04. The number of piperazine rings is 1. The first-order valence-corrected chi connectivity index (χ1v) is 13.4. The molecule has 3 aliphatic rings. The van der Waals surface area contributed by atoms with Crippen LogP contribution in [0.1, 0.15) is 71.6 Å². The quantitative estimate of drug-likeness (QED) is 0.597. The van der Waals surface area contributed by atoms with Gasteiger partial charge in [0.25, 0.3) is 5.91 Å². The highest BCUT2D eigenvalue weighted by atomic mass is 19.4. The zero-order chi connectivity index (χ0) is 26.0. The fourth-order valence-electron chi connectivity index (χ4n) is 6.30. The summed E-state index contributed by atoms with van der Waals surface area (Å²) in [6.07, 6.45) is 2.94. The molecule has 0 bridgehead atoms. The third-order valence-corrected chi connectivity index (χ3v) is 8.25. The summed E-state index contributed by atoms with van der Waals surface area (Å²) in [7, 11) is 0. The molecule has 1 heterocycles. The molecule has 2 atom stereocenters. The van der Waals surface area contributed by atoms with Crippen molar-refractivity contribution >= 4 is 11.8 Å². The Balaban J connectivity index is 1.24. The van der Waals surface area contributed by atoms with Crippen LogP contribution in [0.4, 0.5) is 13.2 Å². The number of benzene rings is 2. The Bertz CT molecular complexity index is 1100. The number of nitrogens with zero attached hydrogens (tertiary/aromatic N) is 2. The van der Waals surface area contributed by atoms with Gasteiger partial charge in [-0.2, -0.15) is 13.2 Å². The fraction of sp³-hybridized carbons (Fsp3) is 0.517. The molecule has 1 N–H and O–H groups in total. The maximum absolute atomic E-state index is 13.7. The molecule has 0 aromatic heterocycles. The molecule has 5 rings (SSSR count). The maximum Gasteiger partial charge on any atom is 0.416 e. The molecule has 0 unspecified atom stereocenters. The summed E-state index contributed by atoms with van der Waals surface area (Å²) in [5, 5.41) is 3.37. The third-order valence-electron chi connectivity index (χ3n) is 8.25. The number of carbonyl (C=O) groups excluding carboxylic acids is 2. The number of carbonyl (C=O) groups is 2. The molecule has 2 aliphatic carbocycles. The highest BCUT2D eigenvalue weighted by Gasteiger charge is 2.38. The van der Waals surface area contributed by atoms with Crippen molar-refractivity contribution in [3.8, 4) is 0 Å². The van der Waals surface area contributed by atoms with Crippen LogP contribution in [0.25, 0.3) is 0 Å². The maximum atomic E-state index is 13.7. The molecular weight excluding hydrogens is 479 g/mol. The van der Waals surface area contributed by atoms with E-state index in [1.54, 1.807) is 4.90 Å². The molecule has 5 nitrogen and oxygen atoms in total. The Morgan fingerprint density at radius 2 is 1.54 bits per heavy atom. The molecule has 2 amide bonds. The van der Waals surface area contributed by atoms with Crippen molar-refractivity contribution < 1.29 is 22.8 Å². The summed E-state index contributed by atoms with van der Waals surface area (Å²) in [5.41, 5.74) is 2.02. The number of nitrogens with one attached hydrogen (secondary N) is 1. The molecule has 0 spiro atoms. The lowest BCUT2D eigenvalue weighted by Crippen LogP contribution is -2.58. The number of aryl methyl sites for hydroxylation is 1. The van der Waals surface area contributed by atoms with E-state index in [1.165, 1.54) is 23.3 Å². The molecule has 1 saturated carbocycles. The Hall–Kier alpha value is -2.87. The van der Waals surface area contributed by atoms with Gasteiger partial charge in [-0.3, -0.25) is 14.5 Å². The topological polar surface area (TPSA) is 52.7 Å². The standard InChI is InChI=1S/C29H34F3N3O2/c30-29(31,32)23-14-12-22(13-15-23)28(37)35-18-16-34(17-19-35)26(21-7-1-2-8-21)27(36)33-25-11-5-9-20-6-3-4-10-24(20)25/h3-4,6,10,12-15,21,25-26H,1-2,5,7-9,11,16-19H2,(H,33,36)/t25-,26+/m1/s1. The van der Waals surface area contributed by atoms with E-state index in [2.05, 4.69) is 28.4 Å². The van der Waals surface area contributed by atoms with Crippen molar-refractivity contribution in [2.45, 2.75) is 63.2 Å². The SMILES string of the molecule is O=C(N[C@@H]1CCCc2ccccc21)[C@H](C1CCCC1)N1CCN(C(=O)c2ccc(C(F)(F)F)cc2)CC1. The van der Waals surface area contributed by atoms with Gasteiger partial charge in [-0.1, -0.05) is 37.1 Å². The summed E-state index contributed by atoms with van der Waals surface area (Å²) in [5.74, 6) is 0.112. The second-order valence-electron chi connectivity index (χ2n) is 10.5. The van der Waals surface area contributed by atoms with Gasteiger partial charge < -0.3 is 10.2 Å². The van der Waals surface area contributed by atoms with Crippen molar-refractivity contribution in [3.63, 3.8) is 0 Å². The van der Waals surface area contributed by atoms with E-state index in [0.717, 1.165) is 57.1 Å². The second kappa shape index (κ2) is 10.9. The number of hydrogen-bond acceptors (Lipinski definition) is 3. The lowest BCUT2D eigenvalue weighted by Gasteiger charge is -2.41. The summed E-state index contributed by atoms with van der Waals surface area (Å²) in [4.78, 5) is 30.6. The zero-order valence-electron chi connectivity index (χ0n) is 21.0. The monoisotopic (exact) mass is 513 g/mol. The minimum atomic E-state index is -4.43. The van der Waals surface area contributed by atoms with Crippen LogP contribution >= 0.6 is 0 Å². The number of hydrogen-bond donors (Lipinski definition) is 1. The van der Waals surface area contributed by atoms with E-state index in [9.17, 15) is 22.8 Å². The van der Waals surface area contributed by atoms with E-state index in [-0.39, 0.29) is 29.5 Å². The number of rotatable bonds is 5.